The van der Waals surface area contributed by atoms with E-state index < -0.39 is 0 Å². The zero-order chi connectivity index (χ0) is 14.1. The highest BCUT2D eigenvalue weighted by atomic mass is 16.5. The number of ether oxygens (including phenoxy) is 1. The molecular formula is C16H28N2O. The van der Waals surface area contributed by atoms with E-state index in [-0.39, 0.29) is 0 Å². The summed E-state index contributed by atoms with van der Waals surface area (Å²) in [5.74, 6) is 0.926. The predicted molar refractivity (Wildman–Crippen MR) is 81.8 cm³/mol. The Hall–Kier alpha value is -1.06. The number of benzene rings is 1. The van der Waals surface area contributed by atoms with Crippen LogP contribution < -0.4 is 10.1 Å². The Labute approximate surface area is 118 Å². The first-order chi connectivity index (χ1) is 9.24. The summed E-state index contributed by atoms with van der Waals surface area (Å²) in [6.45, 7) is 7.85. The average Bonchev–Trinajstić information content (AvgIpc) is 2.45. The minimum atomic E-state index is 0.355. The van der Waals surface area contributed by atoms with Gasteiger partial charge in [0.1, 0.15) is 5.75 Å². The Balaban J connectivity index is 2.74. The molecule has 0 amide bonds. The minimum Gasteiger partial charge on any atom is -0.497 e. The Bertz CT molecular complexity index is 348. The van der Waals surface area contributed by atoms with Gasteiger partial charge in [0.15, 0.2) is 0 Å². The van der Waals surface area contributed by atoms with Gasteiger partial charge < -0.3 is 15.0 Å². The van der Waals surface area contributed by atoms with E-state index in [0.29, 0.717) is 6.04 Å². The molecule has 0 bridgehead atoms. The van der Waals surface area contributed by atoms with Crippen LogP contribution in [0.25, 0.3) is 0 Å². The van der Waals surface area contributed by atoms with E-state index in [9.17, 15) is 0 Å². The first-order valence-corrected chi connectivity index (χ1v) is 7.28. The normalized spacial score (nSPS) is 12.7. The number of nitrogens with one attached hydrogen (secondary N) is 1. The molecule has 0 aromatic heterocycles. The second kappa shape index (κ2) is 8.94. The molecule has 1 aromatic carbocycles. The van der Waals surface area contributed by atoms with Crippen molar-refractivity contribution in [3.63, 3.8) is 0 Å². The highest BCUT2D eigenvalue weighted by Gasteiger charge is 2.14. The smallest absolute Gasteiger partial charge is 0.119 e. The van der Waals surface area contributed by atoms with Crippen molar-refractivity contribution in [3.05, 3.63) is 29.8 Å². The second-order valence-corrected chi connectivity index (χ2v) is 4.92. The number of rotatable bonds is 9. The summed E-state index contributed by atoms with van der Waals surface area (Å²) >= 11 is 0. The maximum atomic E-state index is 5.31. The van der Waals surface area contributed by atoms with Crippen LogP contribution in [-0.4, -0.2) is 38.7 Å². The number of hydrogen-bond acceptors (Lipinski definition) is 3. The maximum absolute atomic E-state index is 5.31. The molecule has 0 saturated heterocycles. The molecule has 3 nitrogen and oxygen atoms in total. The van der Waals surface area contributed by atoms with Crippen molar-refractivity contribution in [1.29, 1.82) is 0 Å². The van der Waals surface area contributed by atoms with Crippen LogP contribution >= 0.6 is 0 Å². The van der Waals surface area contributed by atoms with E-state index in [4.69, 9.17) is 4.74 Å². The lowest BCUT2D eigenvalue weighted by Crippen LogP contribution is -2.35. The molecule has 0 aliphatic carbocycles. The Morgan fingerprint density at radius 1 is 1.21 bits per heavy atom. The molecule has 0 heterocycles. The van der Waals surface area contributed by atoms with Gasteiger partial charge in [0.25, 0.3) is 0 Å². The summed E-state index contributed by atoms with van der Waals surface area (Å²) in [6.07, 6.45) is 2.41. The first kappa shape index (κ1) is 16.0. The van der Waals surface area contributed by atoms with Crippen LogP contribution in [0.1, 0.15) is 38.3 Å². The molecule has 1 aromatic rings. The SMILES string of the molecule is CCCN(CCC)CC(NC)c1cccc(OC)c1. The number of methoxy groups -OCH3 is 1. The van der Waals surface area contributed by atoms with Crippen LogP contribution in [0.15, 0.2) is 24.3 Å². The Morgan fingerprint density at radius 3 is 2.42 bits per heavy atom. The van der Waals surface area contributed by atoms with Crippen molar-refractivity contribution in [2.24, 2.45) is 0 Å². The molecule has 0 fully saturated rings. The van der Waals surface area contributed by atoms with Crippen LogP contribution in [0.2, 0.25) is 0 Å². The third-order valence-electron chi connectivity index (χ3n) is 3.37. The quantitative estimate of drug-likeness (QED) is 0.742. The van der Waals surface area contributed by atoms with Crippen LogP contribution in [-0.2, 0) is 0 Å². The summed E-state index contributed by atoms with van der Waals surface area (Å²) in [6, 6.07) is 8.69. The highest BCUT2D eigenvalue weighted by Crippen LogP contribution is 2.20. The zero-order valence-corrected chi connectivity index (χ0v) is 12.8. The van der Waals surface area contributed by atoms with Crippen molar-refractivity contribution in [2.45, 2.75) is 32.7 Å². The molecule has 19 heavy (non-hydrogen) atoms. The van der Waals surface area contributed by atoms with E-state index in [1.807, 2.05) is 13.1 Å². The van der Waals surface area contributed by atoms with E-state index in [1.165, 1.54) is 18.4 Å². The summed E-state index contributed by atoms with van der Waals surface area (Å²) in [4.78, 5) is 2.53. The van der Waals surface area contributed by atoms with Crippen molar-refractivity contribution < 1.29 is 4.74 Å². The fraction of sp³-hybridized carbons (Fsp3) is 0.625. The highest BCUT2D eigenvalue weighted by molar-refractivity contribution is 5.30. The van der Waals surface area contributed by atoms with Gasteiger partial charge >= 0.3 is 0 Å². The first-order valence-electron chi connectivity index (χ1n) is 7.28. The zero-order valence-electron chi connectivity index (χ0n) is 12.8. The van der Waals surface area contributed by atoms with E-state index in [2.05, 4.69) is 42.3 Å². The van der Waals surface area contributed by atoms with E-state index in [0.717, 1.165) is 25.4 Å². The fourth-order valence-corrected chi connectivity index (χ4v) is 2.41. The lowest BCUT2D eigenvalue weighted by molar-refractivity contribution is 0.247. The largest absolute Gasteiger partial charge is 0.497 e. The van der Waals surface area contributed by atoms with Gasteiger partial charge in [0, 0.05) is 12.6 Å². The monoisotopic (exact) mass is 264 g/mol. The topological polar surface area (TPSA) is 24.5 Å². The molecule has 1 rings (SSSR count). The van der Waals surface area contributed by atoms with Crippen molar-refractivity contribution in [2.75, 3.05) is 33.8 Å². The second-order valence-electron chi connectivity index (χ2n) is 4.92. The summed E-state index contributed by atoms with van der Waals surface area (Å²) < 4.78 is 5.31. The van der Waals surface area contributed by atoms with Gasteiger partial charge in [-0.3, -0.25) is 0 Å². The van der Waals surface area contributed by atoms with E-state index >= 15 is 0 Å². The van der Waals surface area contributed by atoms with Gasteiger partial charge in [-0.05, 0) is 50.7 Å². The summed E-state index contributed by atoms with van der Waals surface area (Å²) in [7, 11) is 3.74. The van der Waals surface area contributed by atoms with Gasteiger partial charge in [-0.25, -0.2) is 0 Å². The molecular weight excluding hydrogens is 236 g/mol. The summed E-state index contributed by atoms with van der Waals surface area (Å²) in [5, 5.41) is 3.42. The molecule has 108 valence electrons. The third kappa shape index (κ3) is 5.21. The standard InChI is InChI=1S/C16H28N2O/c1-5-10-18(11-6-2)13-16(17-3)14-8-7-9-15(12-14)19-4/h7-9,12,16-17H,5-6,10-11,13H2,1-4H3. The van der Waals surface area contributed by atoms with Crippen LogP contribution in [0.5, 0.6) is 5.75 Å². The van der Waals surface area contributed by atoms with Crippen molar-refractivity contribution in [1.82, 2.24) is 10.2 Å². The van der Waals surface area contributed by atoms with Crippen molar-refractivity contribution in [3.8, 4) is 5.75 Å². The molecule has 1 N–H and O–H groups in total. The molecule has 0 spiro atoms. The number of hydrogen-bond donors (Lipinski definition) is 1. The molecule has 0 saturated carbocycles. The number of likely N-dealkylation sites (N-methyl/N-ethyl adjacent to an activating group) is 1. The minimum absolute atomic E-state index is 0.355. The van der Waals surface area contributed by atoms with Crippen LogP contribution in [0.3, 0.4) is 0 Å². The molecule has 1 unspecified atom stereocenters. The molecule has 1 atom stereocenters. The molecule has 0 aliphatic heterocycles. The van der Waals surface area contributed by atoms with Gasteiger partial charge in [-0.15, -0.1) is 0 Å². The van der Waals surface area contributed by atoms with E-state index in [1.54, 1.807) is 7.11 Å². The Kier molecular flexibility index (Phi) is 7.53. The molecule has 0 aliphatic rings. The van der Waals surface area contributed by atoms with Crippen LogP contribution in [0, 0.1) is 0 Å². The van der Waals surface area contributed by atoms with Gasteiger partial charge in [0.05, 0.1) is 7.11 Å². The van der Waals surface area contributed by atoms with Gasteiger partial charge in [0.2, 0.25) is 0 Å². The lowest BCUT2D eigenvalue weighted by Gasteiger charge is -2.27. The van der Waals surface area contributed by atoms with Crippen LogP contribution in [0.4, 0.5) is 0 Å². The predicted octanol–water partition coefficient (Wildman–Crippen LogP) is 3.08. The van der Waals surface area contributed by atoms with Crippen molar-refractivity contribution >= 4 is 0 Å². The molecule has 0 radical (unpaired) electrons. The summed E-state index contributed by atoms with van der Waals surface area (Å²) in [5.41, 5.74) is 1.29. The van der Waals surface area contributed by atoms with Gasteiger partial charge in [-0.2, -0.15) is 0 Å². The average molecular weight is 264 g/mol. The maximum Gasteiger partial charge on any atom is 0.119 e. The Morgan fingerprint density at radius 2 is 1.89 bits per heavy atom. The fourth-order valence-electron chi connectivity index (χ4n) is 2.41. The van der Waals surface area contributed by atoms with Gasteiger partial charge in [-0.1, -0.05) is 26.0 Å². The molecule has 3 heteroatoms. The number of nitrogens with zero attached hydrogens (tertiary/aromatic N) is 1. The lowest BCUT2D eigenvalue weighted by atomic mass is 10.1. The third-order valence-corrected chi connectivity index (χ3v) is 3.37.